The zero-order chi connectivity index (χ0) is 25.1. The Kier molecular flexibility index (Phi) is 7.65. The lowest BCUT2D eigenvalue weighted by Gasteiger charge is -2.35. The first-order valence-corrected chi connectivity index (χ1v) is 14.3. The molecule has 2 aromatic heterocycles. The van der Waals surface area contributed by atoms with E-state index in [2.05, 4.69) is 27.8 Å². The molecule has 2 amide bonds. The third kappa shape index (κ3) is 5.03. The van der Waals surface area contributed by atoms with Crippen LogP contribution >= 0.6 is 11.3 Å². The molecule has 36 heavy (non-hydrogen) atoms. The highest BCUT2D eigenvalue weighted by molar-refractivity contribution is 7.10. The first-order chi connectivity index (χ1) is 17.6. The highest BCUT2D eigenvalue weighted by Gasteiger charge is 2.40. The van der Waals surface area contributed by atoms with Crippen molar-refractivity contribution in [1.29, 1.82) is 0 Å². The normalized spacial score (nSPS) is 20.4. The fraction of sp³-hybridized carbons (Fsp3) is 0.517. The number of nitrogens with one attached hydrogen (secondary N) is 1. The van der Waals surface area contributed by atoms with Gasteiger partial charge < -0.3 is 10.2 Å². The van der Waals surface area contributed by atoms with Crippen LogP contribution in [0.1, 0.15) is 76.3 Å². The van der Waals surface area contributed by atoms with E-state index in [0.29, 0.717) is 0 Å². The number of rotatable bonds is 7. The van der Waals surface area contributed by atoms with Gasteiger partial charge in [-0.25, -0.2) is 4.98 Å². The second-order valence-corrected chi connectivity index (χ2v) is 11.2. The van der Waals surface area contributed by atoms with Crippen LogP contribution in [0.25, 0.3) is 22.2 Å². The molecule has 3 atom stereocenters. The molecule has 1 saturated carbocycles. The van der Waals surface area contributed by atoms with Crippen molar-refractivity contribution < 1.29 is 9.59 Å². The highest BCUT2D eigenvalue weighted by Crippen LogP contribution is 2.38. The summed E-state index contributed by atoms with van der Waals surface area (Å²) in [6.45, 7) is 4.68. The number of aromatic nitrogens is 2. The molecule has 6 nitrogen and oxygen atoms in total. The molecule has 1 N–H and O–H groups in total. The second-order valence-electron chi connectivity index (χ2n) is 10.3. The molecule has 3 aromatic rings. The Hall–Kier alpha value is -2.80. The summed E-state index contributed by atoms with van der Waals surface area (Å²) in [4.78, 5) is 38.4. The molecule has 1 aliphatic heterocycles. The van der Waals surface area contributed by atoms with Gasteiger partial charge in [0.25, 0.3) is 0 Å². The maximum absolute atomic E-state index is 14.0. The number of hydrogen-bond donors (Lipinski definition) is 1. The van der Waals surface area contributed by atoms with Gasteiger partial charge in [-0.05, 0) is 50.2 Å². The fourth-order valence-corrected chi connectivity index (χ4v) is 6.65. The van der Waals surface area contributed by atoms with Crippen molar-refractivity contribution in [3.05, 3.63) is 46.9 Å². The fourth-order valence-electron chi connectivity index (χ4n) is 5.69. The zero-order valence-corrected chi connectivity index (χ0v) is 22.1. The van der Waals surface area contributed by atoms with E-state index in [4.69, 9.17) is 4.98 Å². The van der Waals surface area contributed by atoms with Crippen molar-refractivity contribution in [3.8, 4) is 11.3 Å². The predicted octanol–water partition coefficient (Wildman–Crippen LogP) is 6.13. The lowest BCUT2D eigenvalue weighted by molar-refractivity contribution is -0.140. The molecule has 0 radical (unpaired) electrons. The van der Waals surface area contributed by atoms with Gasteiger partial charge >= 0.3 is 0 Å². The summed E-state index contributed by atoms with van der Waals surface area (Å²) in [7, 11) is 0. The Balaban J connectivity index is 1.40. The zero-order valence-electron chi connectivity index (χ0n) is 21.3. The lowest BCUT2D eigenvalue weighted by Crippen LogP contribution is -2.53. The smallest absolute Gasteiger partial charge is 0.246 e. The van der Waals surface area contributed by atoms with Gasteiger partial charge in [0.1, 0.15) is 11.0 Å². The van der Waals surface area contributed by atoms with Gasteiger partial charge in [0.15, 0.2) is 0 Å². The SMILES string of the molecule is CC[C@@H](C)C(=O)N[C@H](C(=O)N1CCC[C@H]1c1nc(-c2cccc3ncccc23)cs1)C1CCCCC1. The Morgan fingerprint density at radius 2 is 1.94 bits per heavy atom. The second kappa shape index (κ2) is 11.1. The van der Waals surface area contributed by atoms with Crippen molar-refractivity contribution in [2.45, 2.75) is 77.3 Å². The molecule has 5 rings (SSSR count). The summed E-state index contributed by atoms with van der Waals surface area (Å²) in [6, 6.07) is 9.69. The van der Waals surface area contributed by atoms with Crippen LogP contribution < -0.4 is 5.32 Å². The van der Waals surface area contributed by atoms with Crippen molar-refractivity contribution in [2.24, 2.45) is 11.8 Å². The van der Waals surface area contributed by atoms with E-state index in [1.165, 1.54) is 6.42 Å². The highest BCUT2D eigenvalue weighted by atomic mass is 32.1. The molecule has 190 valence electrons. The predicted molar refractivity (Wildman–Crippen MR) is 144 cm³/mol. The molecular weight excluding hydrogens is 468 g/mol. The number of benzene rings is 1. The van der Waals surface area contributed by atoms with E-state index in [0.717, 1.165) is 78.7 Å². The summed E-state index contributed by atoms with van der Waals surface area (Å²) in [5.74, 6) is 0.205. The van der Waals surface area contributed by atoms with Crippen molar-refractivity contribution in [2.75, 3.05) is 6.54 Å². The molecule has 1 aromatic carbocycles. The van der Waals surface area contributed by atoms with Crippen LogP contribution in [0, 0.1) is 11.8 Å². The summed E-state index contributed by atoms with van der Waals surface area (Å²) >= 11 is 1.63. The average Bonchev–Trinajstić information content (AvgIpc) is 3.61. The molecule has 0 unspecified atom stereocenters. The summed E-state index contributed by atoms with van der Waals surface area (Å²) < 4.78 is 0. The number of pyridine rings is 1. The first kappa shape index (κ1) is 24.9. The van der Waals surface area contributed by atoms with E-state index < -0.39 is 6.04 Å². The number of likely N-dealkylation sites (tertiary alicyclic amines) is 1. The number of hydrogen-bond acceptors (Lipinski definition) is 5. The number of carbonyl (C=O) groups is 2. The van der Waals surface area contributed by atoms with Gasteiger partial charge in [0.2, 0.25) is 11.8 Å². The summed E-state index contributed by atoms with van der Waals surface area (Å²) in [5.41, 5.74) is 2.95. The van der Waals surface area contributed by atoms with Crippen LogP contribution in [-0.4, -0.2) is 39.3 Å². The van der Waals surface area contributed by atoms with Gasteiger partial charge in [0, 0.05) is 35.0 Å². The number of fused-ring (bicyclic) bond motifs is 1. The molecule has 7 heteroatoms. The van der Waals surface area contributed by atoms with E-state index in [9.17, 15) is 9.59 Å². The molecule has 3 heterocycles. The molecule has 1 saturated heterocycles. The third-order valence-corrected chi connectivity index (χ3v) is 8.96. The quantitative estimate of drug-likeness (QED) is 0.420. The lowest BCUT2D eigenvalue weighted by atomic mass is 9.83. The van der Waals surface area contributed by atoms with Crippen LogP contribution in [0.15, 0.2) is 41.9 Å². The maximum atomic E-state index is 14.0. The van der Waals surface area contributed by atoms with Gasteiger partial charge in [-0.1, -0.05) is 51.3 Å². The Labute approximate surface area is 217 Å². The van der Waals surface area contributed by atoms with Crippen molar-refractivity contribution in [3.63, 3.8) is 0 Å². The molecular formula is C29H36N4O2S. The average molecular weight is 505 g/mol. The van der Waals surface area contributed by atoms with Crippen LogP contribution in [0.2, 0.25) is 0 Å². The minimum absolute atomic E-state index is 0.00160. The van der Waals surface area contributed by atoms with Gasteiger partial charge in [-0.3, -0.25) is 14.6 Å². The van der Waals surface area contributed by atoms with Crippen LogP contribution in [-0.2, 0) is 9.59 Å². The van der Waals surface area contributed by atoms with E-state index in [1.54, 1.807) is 11.3 Å². The molecule has 0 bridgehead atoms. The molecule has 1 aliphatic carbocycles. The Morgan fingerprint density at radius 1 is 1.11 bits per heavy atom. The number of amides is 2. The van der Waals surface area contributed by atoms with Gasteiger partial charge in [-0.2, -0.15) is 0 Å². The van der Waals surface area contributed by atoms with Crippen LogP contribution in [0.3, 0.4) is 0 Å². The van der Waals surface area contributed by atoms with E-state index in [1.807, 2.05) is 43.1 Å². The van der Waals surface area contributed by atoms with Crippen LogP contribution in [0.4, 0.5) is 0 Å². The summed E-state index contributed by atoms with van der Waals surface area (Å²) in [6.07, 6.45) is 9.94. The van der Waals surface area contributed by atoms with Crippen molar-refractivity contribution >= 4 is 34.1 Å². The van der Waals surface area contributed by atoms with Crippen molar-refractivity contribution in [1.82, 2.24) is 20.2 Å². The van der Waals surface area contributed by atoms with Gasteiger partial charge in [-0.15, -0.1) is 11.3 Å². The third-order valence-electron chi connectivity index (χ3n) is 8.01. The Morgan fingerprint density at radius 3 is 2.75 bits per heavy atom. The van der Waals surface area contributed by atoms with E-state index >= 15 is 0 Å². The molecule has 2 aliphatic rings. The van der Waals surface area contributed by atoms with E-state index in [-0.39, 0.29) is 29.7 Å². The summed E-state index contributed by atoms with van der Waals surface area (Å²) in [5, 5.41) is 7.35. The minimum atomic E-state index is -0.434. The largest absolute Gasteiger partial charge is 0.344 e. The number of nitrogens with zero attached hydrogens (tertiary/aromatic N) is 3. The maximum Gasteiger partial charge on any atom is 0.246 e. The first-order valence-electron chi connectivity index (χ1n) is 13.5. The molecule has 0 spiro atoms. The van der Waals surface area contributed by atoms with Crippen LogP contribution in [0.5, 0.6) is 0 Å². The minimum Gasteiger partial charge on any atom is -0.344 e. The number of carbonyl (C=O) groups excluding carboxylic acids is 2. The number of thiazole rings is 1. The topological polar surface area (TPSA) is 75.2 Å². The monoisotopic (exact) mass is 504 g/mol. The standard InChI is InChI=1S/C29H36N4O2S/c1-3-19(2)27(34)32-26(20-10-5-4-6-11-20)29(35)33-17-9-15-25(33)28-31-24(18-36-28)22-12-7-14-23-21(22)13-8-16-30-23/h7-8,12-14,16,18-20,25-26H,3-6,9-11,15,17H2,1-2H3,(H,32,34)/t19-,25+,26+/m1/s1. The van der Waals surface area contributed by atoms with Gasteiger partial charge in [0.05, 0.1) is 17.3 Å². The Bertz CT molecular complexity index is 1210. The molecule has 2 fully saturated rings.